The summed E-state index contributed by atoms with van der Waals surface area (Å²) in [6, 6.07) is 23.5. The van der Waals surface area contributed by atoms with Crippen molar-refractivity contribution in [3.63, 3.8) is 0 Å². The second-order valence-corrected chi connectivity index (χ2v) is 6.89. The zero-order chi connectivity index (χ0) is 21.1. The van der Waals surface area contributed by atoms with Crippen molar-refractivity contribution in [1.82, 2.24) is 9.78 Å². The van der Waals surface area contributed by atoms with Crippen LogP contribution in [0.25, 0.3) is 10.9 Å². The van der Waals surface area contributed by atoms with Crippen LogP contribution in [0.5, 0.6) is 5.75 Å². The number of benzene rings is 3. The van der Waals surface area contributed by atoms with Gasteiger partial charge in [0.2, 0.25) is 5.78 Å². The van der Waals surface area contributed by atoms with Gasteiger partial charge in [-0.15, -0.1) is 0 Å². The highest BCUT2D eigenvalue weighted by atomic mass is 16.5. The Hall–Kier alpha value is -4.11. The van der Waals surface area contributed by atoms with Gasteiger partial charge in [0.1, 0.15) is 17.5 Å². The maximum atomic E-state index is 13.6. The van der Waals surface area contributed by atoms with E-state index < -0.39 is 6.04 Å². The van der Waals surface area contributed by atoms with Crippen molar-refractivity contribution in [2.45, 2.75) is 6.04 Å². The summed E-state index contributed by atoms with van der Waals surface area (Å²) in [5.41, 5.74) is 3.37. The van der Waals surface area contributed by atoms with E-state index in [9.17, 15) is 4.79 Å². The molecule has 1 aromatic heterocycles. The van der Waals surface area contributed by atoms with Crippen LogP contribution < -0.4 is 10.1 Å². The zero-order valence-corrected chi connectivity index (χ0v) is 16.7. The number of methoxy groups -OCH3 is 1. The number of fused-ring (bicyclic) bond motifs is 1. The third kappa shape index (κ3) is 3.61. The van der Waals surface area contributed by atoms with Crippen molar-refractivity contribution in [1.29, 1.82) is 5.26 Å². The van der Waals surface area contributed by atoms with Crippen LogP contribution in [-0.2, 0) is 7.05 Å². The first-order valence-corrected chi connectivity index (χ1v) is 9.47. The summed E-state index contributed by atoms with van der Waals surface area (Å²) in [6.07, 6.45) is 0. The van der Waals surface area contributed by atoms with E-state index in [1.54, 1.807) is 36.1 Å². The summed E-state index contributed by atoms with van der Waals surface area (Å²) in [6.45, 7) is 0. The molecule has 6 heteroatoms. The van der Waals surface area contributed by atoms with Crippen molar-refractivity contribution in [2.24, 2.45) is 7.05 Å². The molecule has 3 aromatic carbocycles. The van der Waals surface area contributed by atoms with Crippen molar-refractivity contribution < 1.29 is 9.53 Å². The number of Topliss-reactive ketones (excluding diaryl/α,β-unsaturated/α-hetero) is 1. The summed E-state index contributed by atoms with van der Waals surface area (Å²) < 4.78 is 6.93. The quantitative estimate of drug-likeness (QED) is 0.486. The molecule has 0 spiro atoms. The number of carbonyl (C=O) groups excluding carboxylic acids is 1. The van der Waals surface area contributed by atoms with Gasteiger partial charge in [0.05, 0.1) is 24.3 Å². The van der Waals surface area contributed by atoms with Crippen LogP contribution in [0, 0.1) is 11.3 Å². The Kier molecular flexibility index (Phi) is 5.19. The number of nitriles is 1. The summed E-state index contributed by atoms with van der Waals surface area (Å²) in [5, 5.41) is 17.7. The Morgan fingerprint density at radius 3 is 2.43 bits per heavy atom. The van der Waals surface area contributed by atoms with Crippen LogP contribution in [0.4, 0.5) is 5.69 Å². The highest BCUT2D eigenvalue weighted by Gasteiger charge is 2.26. The van der Waals surface area contributed by atoms with Crippen LogP contribution in [0.3, 0.4) is 0 Å². The SMILES string of the molecule is COc1ccc(NC(C(=O)c2nn(C)c3ccccc23)c2ccc(C#N)cc2)cc1. The fourth-order valence-electron chi connectivity index (χ4n) is 3.44. The number of anilines is 1. The van der Waals surface area contributed by atoms with Crippen LogP contribution in [-0.4, -0.2) is 22.7 Å². The van der Waals surface area contributed by atoms with E-state index in [1.165, 1.54) is 0 Å². The first-order valence-electron chi connectivity index (χ1n) is 9.47. The molecule has 0 fully saturated rings. The van der Waals surface area contributed by atoms with Gasteiger partial charge in [0, 0.05) is 18.1 Å². The number of rotatable bonds is 6. The molecule has 1 unspecified atom stereocenters. The number of ketones is 1. The largest absolute Gasteiger partial charge is 0.497 e. The second-order valence-electron chi connectivity index (χ2n) is 6.89. The number of hydrogen-bond acceptors (Lipinski definition) is 5. The number of para-hydroxylation sites is 1. The fourth-order valence-corrected chi connectivity index (χ4v) is 3.44. The normalized spacial score (nSPS) is 11.6. The number of aromatic nitrogens is 2. The van der Waals surface area contributed by atoms with Crippen molar-refractivity contribution in [2.75, 3.05) is 12.4 Å². The number of aryl methyl sites for hydroxylation is 1. The third-order valence-electron chi connectivity index (χ3n) is 5.03. The fraction of sp³-hybridized carbons (Fsp3) is 0.125. The van der Waals surface area contributed by atoms with E-state index in [1.807, 2.05) is 55.6 Å². The highest BCUT2D eigenvalue weighted by molar-refractivity contribution is 6.09. The minimum absolute atomic E-state index is 0.146. The standard InChI is InChI=1S/C24H20N4O2/c1-28-21-6-4-3-5-20(21)23(27-28)24(29)22(17-9-7-16(15-25)8-10-17)26-18-11-13-19(30-2)14-12-18/h3-14,22,26H,1-2H3. The lowest BCUT2D eigenvalue weighted by atomic mass is 9.97. The lowest BCUT2D eigenvalue weighted by Crippen LogP contribution is -2.22. The predicted molar refractivity (Wildman–Crippen MR) is 116 cm³/mol. The second kappa shape index (κ2) is 8.10. The van der Waals surface area contributed by atoms with Gasteiger partial charge in [0.25, 0.3) is 0 Å². The number of carbonyl (C=O) groups is 1. The van der Waals surface area contributed by atoms with Gasteiger partial charge < -0.3 is 10.1 Å². The number of nitrogens with one attached hydrogen (secondary N) is 1. The molecule has 0 saturated carbocycles. The first-order chi connectivity index (χ1) is 14.6. The van der Waals surface area contributed by atoms with Crippen LogP contribution in [0.15, 0.2) is 72.8 Å². The van der Waals surface area contributed by atoms with E-state index in [4.69, 9.17) is 10.00 Å². The predicted octanol–water partition coefficient (Wildman–Crippen LogP) is 4.49. The highest BCUT2D eigenvalue weighted by Crippen LogP contribution is 2.28. The molecular formula is C24H20N4O2. The van der Waals surface area contributed by atoms with Gasteiger partial charge in [-0.05, 0) is 48.0 Å². The molecule has 0 aliphatic carbocycles. The molecule has 6 nitrogen and oxygen atoms in total. The van der Waals surface area contributed by atoms with Crippen molar-refractivity contribution >= 4 is 22.4 Å². The van der Waals surface area contributed by atoms with E-state index in [2.05, 4.69) is 16.5 Å². The third-order valence-corrected chi connectivity index (χ3v) is 5.03. The molecule has 148 valence electrons. The van der Waals surface area contributed by atoms with E-state index in [-0.39, 0.29) is 5.78 Å². The molecule has 4 aromatic rings. The molecule has 0 aliphatic heterocycles. The molecule has 0 aliphatic rings. The summed E-state index contributed by atoms with van der Waals surface area (Å²) >= 11 is 0. The molecule has 1 N–H and O–H groups in total. The summed E-state index contributed by atoms with van der Waals surface area (Å²) in [4.78, 5) is 13.6. The lowest BCUT2D eigenvalue weighted by molar-refractivity contribution is 0.0965. The Morgan fingerprint density at radius 2 is 1.77 bits per heavy atom. The molecular weight excluding hydrogens is 376 g/mol. The minimum Gasteiger partial charge on any atom is -0.497 e. The van der Waals surface area contributed by atoms with Gasteiger partial charge in [-0.1, -0.05) is 30.3 Å². The van der Waals surface area contributed by atoms with E-state index in [0.717, 1.165) is 27.9 Å². The average molecular weight is 396 g/mol. The molecule has 0 saturated heterocycles. The smallest absolute Gasteiger partial charge is 0.210 e. The Bertz CT molecular complexity index is 1240. The Labute approximate surface area is 174 Å². The van der Waals surface area contributed by atoms with E-state index in [0.29, 0.717) is 11.3 Å². The van der Waals surface area contributed by atoms with Crippen LogP contribution in [0.1, 0.15) is 27.7 Å². The van der Waals surface area contributed by atoms with Gasteiger partial charge in [-0.3, -0.25) is 9.48 Å². The lowest BCUT2D eigenvalue weighted by Gasteiger charge is -2.19. The first kappa shape index (κ1) is 19.2. The van der Waals surface area contributed by atoms with Crippen molar-refractivity contribution in [3.05, 3.63) is 89.6 Å². The van der Waals surface area contributed by atoms with Gasteiger partial charge in [0.15, 0.2) is 0 Å². The maximum Gasteiger partial charge on any atom is 0.210 e. The van der Waals surface area contributed by atoms with Gasteiger partial charge in [-0.25, -0.2) is 0 Å². The van der Waals surface area contributed by atoms with Crippen LogP contribution in [0.2, 0.25) is 0 Å². The van der Waals surface area contributed by atoms with Gasteiger partial charge in [-0.2, -0.15) is 10.4 Å². The number of nitrogens with zero attached hydrogens (tertiary/aromatic N) is 3. The Morgan fingerprint density at radius 1 is 1.07 bits per heavy atom. The summed E-state index contributed by atoms with van der Waals surface area (Å²) in [7, 11) is 3.43. The molecule has 1 heterocycles. The topological polar surface area (TPSA) is 79.9 Å². The molecule has 1 atom stereocenters. The average Bonchev–Trinajstić information content (AvgIpc) is 3.14. The molecule has 4 rings (SSSR count). The monoisotopic (exact) mass is 396 g/mol. The molecule has 30 heavy (non-hydrogen) atoms. The minimum atomic E-state index is -0.663. The number of ether oxygens (including phenoxy) is 1. The van der Waals surface area contributed by atoms with Gasteiger partial charge >= 0.3 is 0 Å². The number of hydrogen-bond donors (Lipinski definition) is 1. The summed E-state index contributed by atoms with van der Waals surface area (Å²) in [5.74, 6) is 0.588. The van der Waals surface area contributed by atoms with Crippen molar-refractivity contribution in [3.8, 4) is 11.8 Å². The molecule has 0 amide bonds. The molecule has 0 bridgehead atoms. The Balaban J connectivity index is 1.76. The maximum absolute atomic E-state index is 13.6. The van der Waals surface area contributed by atoms with E-state index >= 15 is 0 Å². The zero-order valence-electron chi connectivity index (χ0n) is 16.7. The molecule has 0 radical (unpaired) electrons. The van der Waals surface area contributed by atoms with Crippen LogP contribution >= 0.6 is 0 Å².